The normalized spacial score (nSPS) is 12.8. The van der Waals surface area contributed by atoms with Crippen LogP contribution < -0.4 is 0 Å². The van der Waals surface area contributed by atoms with E-state index in [2.05, 4.69) is 14.5 Å². The first-order chi connectivity index (χ1) is 13.3. The lowest BCUT2D eigenvalue weighted by molar-refractivity contribution is -0.137. The number of halogens is 3. The first-order valence-corrected chi connectivity index (χ1v) is 9.36. The average molecular weight is 403 g/mol. The second-order valence-corrected chi connectivity index (χ2v) is 7.36. The number of fused-ring (bicyclic) bond motifs is 3. The highest BCUT2D eigenvalue weighted by Crippen LogP contribution is 2.30. The summed E-state index contributed by atoms with van der Waals surface area (Å²) in [6, 6.07) is 12.9. The molecule has 0 aliphatic rings. The quantitative estimate of drug-likeness (QED) is 0.318. The van der Waals surface area contributed by atoms with Crippen molar-refractivity contribution in [2.45, 2.75) is 26.6 Å². The zero-order valence-corrected chi connectivity index (χ0v) is 15.9. The van der Waals surface area contributed by atoms with E-state index < -0.39 is 11.7 Å². The van der Waals surface area contributed by atoms with Crippen molar-refractivity contribution in [3.8, 4) is 0 Å². The summed E-state index contributed by atoms with van der Waals surface area (Å²) >= 11 is 1.50. The molecule has 0 aliphatic carbocycles. The number of alkyl halides is 3. The molecule has 28 heavy (non-hydrogen) atoms. The number of hydrogen-bond acceptors (Lipinski definition) is 4. The van der Waals surface area contributed by atoms with Gasteiger partial charge in [-0.2, -0.15) is 13.2 Å². The van der Waals surface area contributed by atoms with E-state index in [1.54, 1.807) is 6.07 Å². The van der Waals surface area contributed by atoms with Gasteiger partial charge in [-0.1, -0.05) is 40.8 Å². The van der Waals surface area contributed by atoms with Crippen molar-refractivity contribution >= 4 is 33.0 Å². The van der Waals surface area contributed by atoms with Gasteiger partial charge in [0.25, 0.3) is 0 Å². The van der Waals surface area contributed by atoms with Crippen molar-refractivity contribution in [2.24, 2.45) is 5.16 Å². The van der Waals surface area contributed by atoms with Crippen molar-refractivity contribution in [1.82, 2.24) is 9.38 Å². The van der Waals surface area contributed by atoms with Crippen molar-refractivity contribution in [3.05, 3.63) is 70.2 Å². The van der Waals surface area contributed by atoms with Gasteiger partial charge in [-0.15, -0.1) is 0 Å². The number of benzene rings is 2. The minimum absolute atomic E-state index is 0.0360. The van der Waals surface area contributed by atoms with Gasteiger partial charge in [-0.05, 0) is 43.7 Å². The Labute approximate surface area is 162 Å². The maximum Gasteiger partial charge on any atom is 0.416 e. The maximum atomic E-state index is 12.8. The van der Waals surface area contributed by atoms with Gasteiger partial charge in [-0.25, -0.2) is 4.98 Å². The van der Waals surface area contributed by atoms with Gasteiger partial charge in [0, 0.05) is 5.69 Å². The summed E-state index contributed by atoms with van der Waals surface area (Å²) in [7, 11) is 0. The number of aryl methyl sites for hydroxylation is 1. The highest BCUT2D eigenvalue weighted by Gasteiger charge is 2.30. The van der Waals surface area contributed by atoms with E-state index in [0.717, 1.165) is 38.7 Å². The van der Waals surface area contributed by atoms with Crippen LogP contribution >= 0.6 is 11.3 Å². The Kier molecular flexibility index (Phi) is 4.58. The van der Waals surface area contributed by atoms with Gasteiger partial charge < -0.3 is 4.84 Å². The molecule has 0 spiro atoms. The summed E-state index contributed by atoms with van der Waals surface area (Å²) in [4.78, 5) is 11.7. The van der Waals surface area contributed by atoms with Gasteiger partial charge >= 0.3 is 6.18 Å². The Bertz CT molecular complexity index is 1190. The molecule has 2 aromatic carbocycles. The summed E-state index contributed by atoms with van der Waals surface area (Å²) < 4.78 is 40.4. The van der Waals surface area contributed by atoms with Crippen molar-refractivity contribution in [2.75, 3.05) is 0 Å². The van der Waals surface area contributed by atoms with E-state index >= 15 is 0 Å². The van der Waals surface area contributed by atoms with Crippen LogP contribution in [0.25, 0.3) is 16.0 Å². The van der Waals surface area contributed by atoms with Crippen LogP contribution in [0.1, 0.15) is 28.6 Å². The van der Waals surface area contributed by atoms with Gasteiger partial charge in [0.1, 0.15) is 6.61 Å². The third-order valence-electron chi connectivity index (χ3n) is 4.40. The first-order valence-electron chi connectivity index (χ1n) is 8.54. The van der Waals surface area contributed by atoms with Crippen molar-refractivity contribution < 1.29 is 18.0 Å². The molecule has 0 saturated heterocycles. The molecule has 0 atom stereocenters. The summed E-state index contributed by atoms with van der Waals surface area (Å²) in [5.41, 5.74) is 3.32. The first kappa shape index (κ1) is 18.5. The molecule has 0 aliphatic heterocycles. The topological polar surface area (TPSA) is 38.9 Å². The van der Waals surface area contributed by atoms with Crippen LogP contribution in [0.3, 0.4) is 0 Å². The van der Waals surface area contributed by atoms with Crippen LogP contribution in [0.5, 0.6) is 0 Å². The summed E-state index contributed by atoms with van der Waals surface area (Å²) in [6.45, 7) is 3.76. The minimum Gasteiger partial charge on any atom is -0.391 e. The molecule has 4 rings (SSSR count). The average Bonchev–Trinajstić information content (AvgIpc) is 3.18. The highest BCUT2D eigenvalue weighted by atomic mass is 32.1. The van der Waals surface area contributed by atoms with E-state index in [0.29, 0.717) is 11.3 Å². The molecule has 0 N–H and O–H groups in total. The molecule has 0 bridgehead atoms. The van der Waals surface area contributed by atoms with E-state index in [1.807, 2.05) is 38.1 Å². The van der Waals surface area contributed by atoms with Crippen LogP contribution in [-0.2, 0) is 17.6 Å². The molecule has 2 heterocycles. The number of thiazole rings is 1. The molecule has 4 nitrogen and oxygen atoms in total. The number of aromatic nitrogens is 2. The molecule has 0 radical (unpaired) electrons. The lowest BCUT2D eigenvalue weighted by Gasteiger charge is -2.08. The van der Waals surface area contributed by atoms with Gasteiger partial charge in [-0.3, -0.25) is 4.40 Å². The molecular weight excluding hydrogens is 387 g/mol. The van der Waals surface area contributed by atoms with Crippen LogP contribution in [-0.4, -0.2) is 15.1 Å². The number of imidazole rings is 1. The van der Waals surface area contributed by atoms with Crippen LogP contribution in [0.4, 0.5) is 13.2 Å². The number of hydrogen-bond donors (Lipinski definition) is 0. The Hall–Kier alpha value is -2.87. The standard InChI is InChI=1S/C20H16F3N3OS/c1-12(25-27-11-14-6-5-7-15(10-14)20(21,22)23)18-13(2)26-17-9-4-3-8-16(17)24-19(26)28-18/h3-10H,11H2,1-2H3/b25-12-. The monoisotopic (exact) mass is 403 g/mol. The fourth-order valence-electron chi connectivity index (χ4n) is 3.08. The van der Waals surface area contributed by atoms with Crippen LogP contribution in [0.2, 0.25) is 0 Å². The Balaban J connectivity index is 1.56. The van der Waals surface area contributed by atoms with E-state index in [4.69, 9.17) is 4.84 Å². The second kappa shape index (κ2) is 6.94. The third kappa shape index (κ3) is 3.35. The van der Waals surface area contributed by atoms with E-state index in [1.165, 1.54) is 17.4 Å². The second-order valence-electron chi connectivity index (χ2n) is 6.38. The van der Waals surface area contributed by atoms with E-state index in [-0.39, 0.29) is 6.61 Å². The predicted octanol–water partition coefficient (Wildman–Crippen LogP) is 5.82. The predicted molar refractivity (Wildman–Crippen MR) is 104 cm³/mol. The molecule has 0 unspecified atom stereocenters. The van der Waals surface area contributed by atoms with Crippen molar-refractivity contribution in [1.29, 1.82) is 0 Å². The highest BCUT2D eigenvalue weighted by molar-refractivity contribution is 7.19. The number of nitrogens with zero attached hydrogens (tertiary/aromatic N) is 3. The summed E-state index contributed by atoms with van der Waals surface area (Å²) in [5, 5.41) is 4.10. The minimum atomic E-state index is -4.37. The molecule has 0 amide bonds. The fourth-order valence-corrected chi connectivity index (χ4v) is 4.16. The molecule has 144 valence electrons. The Morgan fingerprint density at radius 1 is 1.18 bits per heavy atom. The molecule has 0 saturated carbocycles. The van der Waals surface area contributed by atoms with Crippen LogP contribution in [0.15, 0.2) is 53.7 Å². The van der Waals surface area contributed by atoms with Crippen LogP contribution in [0, 0.1) is 6.92 Å². The summed E-state index contributed by atoms with van der Waals surface area (Å²) in [5.74, 6) is 0. The molecule has 0 fully saturated rings. The molecule has 4 aromatic rings. The third-order valence-corrected chi connectivity index (χ3v) is 5.65. The van der Waals surface area contributed by atoms with E-state index in [9.17, 15) is 13.2 Å². The summed E-state index contributed by atoms with van der Waals surface area (Å²) in [6.07, 6.45) is -4.37. The maximum absolute atomic E-state index is 12.8. The molecule has 8 heteroatoms. The lowest BCUT2D eigenvalue weighted by atomic mass is 10.1. The Morgan fingerprint density at radius 2 is 1.96 bits per heavy atom. The smallest absolute Gasteiger partial charge is 0.391 e. The zero-order chi connectivity index (χ0) is 19.9. The Morgan fingerprint density at radius 3 is 2.75 bits per heavy atom. The number of para-hydroxylation sites is 2. The molecular formula is C20H16F3N3OS. The van der Waals surface area contributed by atoms with Gasteiger partial charge in [0.15, 0.2) is 4.96 Å². The van der Waals surface area contributed by atoms with Gasteiger partial charge in [0.2, 0.25) is 0 Å². The number of rotatable bonds is 4. The van der Waals surface area contributed by atoms with Gasteiger partial charge in [0.05, 0.1) is 27.2 Å². The molecule has 2 aromatic heterocycles. The number of oxime groups is 1. The fraction of sp³-hybridized carbons (Fsp3) is 0.200. The van der Waals surface area contributed by atoms with Crippen molar-refractivity contribution in [3.63, 3.8) is 0 Å². The lowest BCUT2D eigenvalue weighted by Crippen LogP contribution is -2.05. The SMILES string of the molecule is C/C(=N/OCc1cccc(C(F)(F)F)c1)c1sc2nc3ccccc3n2c1C. The zero-order valence-electron chi connectivity index (χ0n) is 15.1. The largest absolute Gasteiger partial charge is 0.416 e.